The van der Waals surface area contributed by atoms with E-state index in [-0.39, 0.29) is 0 Å². The molecular formula is C13H24N2O2. The molecule has 17 heavy (non-hydrogen) atoms. The molecule has 0 fully saturated rings. The summed E-state index contributed by atoms with van der Waals surface area (Å²) >= 11 is 0. The van der Waals surface area contributed by atoms with Crippen LogP contribution in [-0.4, -0.2) is 38.3 Å². The number of furan rings is 1. The highest BCUT2D eigenvalue weighted by atomic mass is 16.5. The van der Waals surface area contributed by atoms with Crippen LogP contribution in [0.1, 0.15) is 25.4 Å². The van der Waals surface area contributed by atoms with Gasteiger partial charge in [-0.05, 0) is 25.2 Å². The highest BCUT2D eigenvalue weighted by Crippen LogP contribution is 2.10. The van der Waals surface area contributed by atoms with E-state index in [1.807, 2.05) is 6.07 Å². The van der Waals surface area contributed by atoms with Crippen molar-refractivity contribution < 1.29 is 9.15 Å². The maximum atomic E-state index is 5.75. The Morgan fingerprint density at radius 1 is 1.24 bits per heavy atom. The first-order valence-corrected chi connectivity index (χ1v) is 6.29. The normalized spacial score (nSPS) is 11.3. The second-order valence-corrected chi connectivity index (χ2v) is 4.00. The van der Waals surface area contributed by atoms with Crippen molar-refractivity contribution >= 4 is 0 Å². The summed E-state index contributed by atoms with van der Waals surface area (Å²) in [4.78, 5) is 2.33. The number of nitrogens with one attached hydrogen (secondary N) is 1. The van der Waals surface area contributed by atoms with E-state index in [1.54, 1.807) is 7.11 Å². The van der Waals surface area contributed by atoms with Crippen LogP contribution in [0.15, 0.2) is 16.5 Å². The van der Waals surface area contributed by atoms with Crippen LogP contribution in [0.3, 0.4) is 0 Å². The molecule has 0 aliphatic carbocycles. The van der Waals surface area contributed by atoms with E-state index in [2.05, 4.69) is 30.1 Å². The number of methoxy groups -OCH3 is 1. The van der Waals surface area contributed by atoms with Gasteiger partial charge in [-0.3, -0.25) is 4.90 Å². The standard InChI is InChI=1S/C13H24N2O2/c1-4-15(5-2)11-13-7-6-12(17-13)10-14-8-9-16-3/h6-7,14H,4-5,8-11H2,1-3H3. The molecule has 1 N–H and O–H groups in total. The smallest absolute Gasteiger partial charge is 0.118 e. The molecule has 0 spiro atoms. The number of rotatable bonds is 9. The summed E-state index contributed by atoms with van der Waals surface area (Å²) < 4.78 is 10.7. The number of nitrogens with zero attached hydrogens (tertiary/aromatic N) is 1. The third-order valence-corrected chi connectivity index (χ3v) is 2.77. The molecule has 0 saturated heterocycles. The lowest BCUT2D eigenvalue weighted by Gasteiger charge is -2.15. The molecule has 1 rings (SSSR count). The molecule has 0 atom stereocenters. The quantitative estimate of drug-likeness (QED) is 0.669. The SMILES string of the molecule is CCN(CC)Cc1ccc(CNCCOC)o1. The molecule has 1 aromatic heterocycles. The lowest BCUT2D eigenvalue weighted by molar-refractivity contribution is 0.198. The molecule has 98 valence electrons. The van der Waals surface area contributed by atoms with E-state index in [0.29, 0.717) is 0 Å². The minimum absolute atomic E-state index is 0.729. The maximum Gasteiger partial charge on any atom is 0.118 e. The molecule has 0 aliphatic heterocycles. The minimum Gasteiger partial charge on any atom is -0.463 e. The predicted octanol–water partition coefficient (Wildman–Crippen LogP) is 1.86. The molecule has 0 aromatic carbocycles. The highest BCUT2D eigenvalue weighted by Gasteiger charge is 2.05. The monoisotopic (exact) mass is 240 g/mol. The van der Waals surface area contributed by atoms with Crippen LogP contribution in [0.2, 0.25) is 0 Å². The lowest BCUT2D eigenvalue weighted by atomic mass is 10.4. The van der Waals surface area contributed by atoms with E-state index in [0.717, 1.165) is 50.9 Å². The molecule has 4 heteroatoms. The van der Waals surface area contributed by atoms with E-state index < -0.39 is 0 Å². The molecule has 0 saturated carbocycles. The van der Waals surface area contributed by atoms with Crippen molar-refractivity contribution in [1.82, 2.24) is 10.2 Å². The summed E-state index contributed by atoms with van der Waals surface area (Å²) in [6.07, 6.45) is 0. The Morgan fingerprint density at radius 2 is 1.94 bits per heavy atom. The Morgan fingerprint density at radius 3 is 2.59 bits per heavy atom. The second kappa shape index (κ2) is 8.28. The molecule has 1 aromatic rings. The lowest BCUT2D eigenvalue weighted by Crippen LogP contribution is -2.21. The Hall–Kier alpha value is -0.840. The summed E-state index contributed by atoms with van der Waals surface area (Å²) in [5.74, 6) is 2.03. The molecule has 0 unspecified atom stereocenters. The van der Waals surface area contributed by atoms with Gasteiger partial charge in [-0.1, -0.05) is 13.8 Å². The van der Waals surface area contributed by atoms with Gasteiger partial charge in [0.2, 0.25) is 0 Å². The average molecular weight is 240 g/mol. The molecule has 0 amide bonds. The number of hydrogen-bond acceptors (Lipinski definition) is 4. The van der Waals surface area contributed by atoms with Crippen LogP contribution in [0.25, 0.3) is 0 Å². The van der Waals surface area contributed by atoms with Crippen molar-refractivity contribution in [1.29, 1.82) is 0 Å². The fourth-order valence-electron chi connectivity index (χ4n) is 1.66. The van der Waals surface area contributed by atoms with Crippen LogP contribution in [0, 0.1) is 0 Å². The van der Waals surface area contributed by atoms with E-state index in [1.165, 1.54) is 0 Å². The molecule has 0 radical (unpaired) electrons. The maximum absolute atomic E-state index is 5.75. The van der Waals surface area contributed by atoms with Crippen molar-refractivity contribution in [3.8, 4) is 0 Å². The zero-order valence-electron chi connectivity index (χ0n) is 11.2. The van der Waals surface area contributed by atoms with Crippen LogP contribution >= 0.6 is 0 Å². The van der Waals surface area contributed by atoms with Gasteiger partial charge in [0.1, 0.15) is 11.5 Å². The third kappa shape index (κ3) is 5.35. The van der Waals surface area contributed by atoms with E-state index in [9.17, 15) is 0 Å². The number of ether oxygens (including phenoxy) is 1. The van der Waals surface area contributed by atoms with Crippen molar-refractivity contribution in [2.45, 2.75) is 26.9 Å². The van der Waals surface area contributed by atoms with E-state index in [4.69, 9.17) is 9.15 Å². The Kier molecular flexibility index (Phi) is 6.93. The van der Waals surface area contributed by atoms with Gasteiger partial charge in [0.05, 0.1) is 19.7 Å². The topological polar surface area (TPSA) is 37.6 Å². The van der Waals surface area contributed by atoms with E-state index >= 15 is 0 Å². The predicted molar refractivity (Wildman–Crippen MR) is 68.9 cm³/mol. The van der Waals surface area contributed by atoms with Gasteiger partial charge in [-0.25, -0.2) is 0 Å². The second-order valence-electron chi connectivity index (χ2n) is 4.00. The molecule has 4 nitrogen and oxygen atoms in total. The molecule has 0 aliphatic rings. The Bertz CT molecular complexity index is 295. The van der Waals surface area contributed by atoms with Crippen molar-refractivity contribution in [3.05, 3.63) is 23.7 Å². The minimum atomic E-state index is 0.729. The summed E-state index contributed by atoms with van der Waals surface area (Å²) in [6, 6.07) is 4.10. The Balaban J connectivity index is 2.32. The van der Waals surface area contributed by atoms with Crippen LogP contribution < -0.4 is 5.32 Å². The summed E-state index contributed by atoms with van der Waals surface area (Å²) in [6.45, 7) is 9.68. The van der Waals surface area contributed by atoms with Gasteiger partial charge in [0.25, 0.3) is 0 Å². The van der Waals surface area contributed by atoms with Gasteiger partial charge in [0.15, 0.2) is 0 Å². The fourth-order valence-corrected chi connectivity index (χ4v) is 1.66. The largest absolute Gasteiger partial charge is 0.463 e. The first-order chi connectivity index (χ1) is 8.30. The first kappa shape index (κ1) is 14.2. The van der Waals surface area contributed by atoms with Gasteiger partial charge in [-0.2, -0.15) is 0 Å². The van der Waals surface area contributed by atoms with Gasteiger partial charge in [-0.15, -0.1) is 0 Å². The zero-order chi connectivity index (χ0) is 12.5. The van der Waals surface area contributed by atoms with Crippen LogP contribution in [0.5, 0.6) is 0 Å². The van der Waals surface area contributed by atoms with Gasteiger partial charge in [0, 0.05) is 13.7 Å². The third-order valence-electron chi connectivity index (χ3n) is 2.77. The summed E-state index contributed by atoms with van der Waals surface area (Å²) in [5.41, 5.74) is 0. The summed E-state index contributed by atoms with van der Waals surface area (Å²) in [5, 5.41) is 3.26. The first-order valence-electron chi connectivity index (χ1n) is 6.29. The fraction of sp³-hybridized carbons (Fsp3) is 0.692. The molecule has 1 heterocycles. The average Bonchev–Trinajstić information content (AvgIpc) is 2.79. The molecule has 0 bridgehead atoms. The number of hydrogen-bond donors (Lipinski definition) is 1. The van der Waals surface area contributed by atoms with Gasteiger partial charge < -0.3 is 14.5 Å². The van der Waals surface area contributed by atoms with Crippen molar-refractivity contribution in [3.63, 3.8) is 0 Å². The highest BCUT2D eigenvalue weighted by molar-refractivity contribution is 5.07. The molecular weight excluding hydrogens is 216 g/mol. The van der Waals surface area contributed by atoms with Crippen molar-refractivity contribution in [2.75, 3.05) is 33.4 Å². The Labute approximate surface area is 104 Å². The van der Waals surface area contributed by atoms with Crippen LogP contribution in [-0.2, 0) is 17.8 Å². The van der Waals surface area contributed by atoms with Gasteiger partial charge >= 0.3 is 0 Å². The van der Waals surface area contributed by atoms with Crippen LogP contribution in [0.4, 0.5) is 0 Å². The summed E-state index contributed by atoms with van der Waals surface area (Å²) in [7, 11) is 1.71. The zero-order valence-corrected chi connectivity index (χ0v) is 11.2. The van der Waals surface area contributed by atoms with Crippen molar-refractivity contribution in [2.24, 2.45) is 0 Å².